The van der Waals surface area contributed by atoms with E-state index in [1.807, 2.05) is 0 Å². The molecule has 0 spiro atoms. The molecule has 2 atom stereocenters. The topological polar surface area (TPSA) is 46.2 Å². The van der Waals surface area contributed by atoms with Crippen molar-refractivity contribution >= 4 is 0 Å². The molecule has 0 rings (SSSR count). The summed E-state index contributed by atoms with van der Waals surface area (Å²) < 4.78 is 0. The van der Waals surface area contributed by atoms with E-state index in [0.717, 1.165) is 6.42 Å². The second-order valence-electron chi connectivity index (χ2n) is 3.07. The van der Waals surface area contributed by atoms with Gasteiger partial charge in [0.1, 0.15) is 0 Å². The molecule has 0 radical (unpaired) electrons. The van der Waals surface area contributed by atoms with Gasteiger partial charge in [-0.3, -0.25) is 0 Å². The molecule has 0 aromatic heterocycles. The van der Waals surface area contributed by atoms with Crippen molar-refractivity contribution in [2.45, 2.75) is 39.2 Å². The van der Waals surface area contributed by atoms with Gasteiger partial charge in [0, 0.05) is 6.04 Å². The molecule has 0 aromatic carbocycles. The van der Waals surface area contributed by atoms with E-state index < -0.39 is 0 Å². The number of rotatable bonds is 5. The molecule has 2 nitrogen and oxygen atoms in total. The van der Waals surface area contributed by atoms with Gasteiger partial charge in [0.15, 0.2) is 0 Å². The summed E-state index contributed by atoms with van der Waals surface area (Å²) in [5, 5.41) is 8.63. The predicted molar refractivity (Wildman–Crippen MR) is 43.8 cm³/mol. The molecule has 0 aliphatic heterocycles. The lowest BCUT2D eigenvalue weighted by molar-refractivity contribution is 0.245. The molecule has 0 aliphatic carbocycles. The highest BCUT2D eigenvalue weighted by Crippen LogP contribution is 2.10. The lowest BCUT2D eigenvalue weighted by Gasteiger charge is -2.13. The van der Waals surface area contributed by atoms with Crippen molar-refractivity contribution in [3.05, 3.63) is 0 Å². The smallest absolute Gasteiger partial charge is 0.0582 e. The molecule has 0 aliphatic rings. The fraction of sp³-hybridized carbons (Fsp3) is 1.00. The summed E-state index contributed by atoms with van der Waals surface area (Å²) >= 11 is 0. The second-order valence-corrected chi connectivity index (χ2v) is 3.07. The first-order chi connectivity index (χ1) is 4.70. The van der Waals surface area contributed by atoms with Crippen LogP contribution < -0.4 is 5.73 Å². The van der Waals surface area contributed by atoms with E-state index in [1.54, 1.807) is 0 Å². The van der Waals surface area contributed by atoms with E-state index in [-0.39, 0.29) is 12.6 Å². The van der Waals surface area contributed by atoms with Gasteiger partial charge in [0.25, 0.3) is 0 Å². The summed E-state index contributed by atoms with van der Waals surface area (Å²) in [5.74, 6) is 0.659. The highest BCUT2D eigenvalue weighted by atomic mass is 16.3. The summed E-state index contributed by atoms with van der Waals surface area (Å²) in [6, 6.07) is -0.0125. The van der Waals surface area contributed by atoms with Crippen molar-refractivity contribution < 1.29 is 5.11 Å². The normalized spacial score (nSPS) is 16.8. The van der Waals surface area contributed by atoms with Gasteiger partial charge in [-0.05, 0) is 12.3 Å². The van der Waals surface area contributed by atoms with E-state index in [1.165, 1.54) is 12.8 Å². The molecule has 0 aromatic rings. The summed E-state index contributed by atoms with van der Waals surface area (Å²) in [7, 11) is 0. The van der Waals surface area contributed by atoms with Crippen molar-refractivity contribution in [3.63, 3.8) is 0 Å². The molecule has 0 saturated carbocycles. The van der Waals surface area contributed by atoms with Gasteiger partial charge in [-0.15, -0.1) is 0 Å². The van der Waals surface area contributed by atoms with Gasteiger partial charge in [-0.25, -0.2) is 0 Å². The van der Waals surface area contributed by atoms with Crippen LogP contribution in [0, 0.1) is 5.92 Å². The van der Waals surface area contributed by atoms with Gasteiger partial charge in [0.2, 0.25) is 0 Å². The zero-order chi connectivity index (χ0) is 7.98. The van der Waals surface area contributed by atoms with Crippen LogP contribution >= 0.6 is 0 Å². The molecule has 3 N–H and O–H groups in total. The van der Waals surface area contributed by atoms with E-state index in [0.29, 0.717) is 5.92 Å². The first-order valence-corrected chi connectivity index (χ1v) is 4.07. The van der Waals surface area contributed by atoms with Gasteiger partial charge < -0.3 is 10.8 Å². The Balaban J connectivity index is 3.27. The fourth-order valence-electron chi connectivity index (χ4n) is 1.20. The molecular weight excluding hydrogens is 126 g/mol. The first kappa shape index (κ1) is 9.92. The Bertz CT molecular complexity index is 75.7. The molecule has 10 heavy (non-hydrogen) atoms. The van der Waals surface area contributed by atoms with Crippen molar-refractivity contribution in [3.8, 4) is 0 Å². The molecule has 0 amide bonds. The third-order valence-corrected chi connectivity index (χ3v) is 1.72. The van der Waals surface area contributed by atoms with E-state index in [9.17, 15) is 0 Å². The Morgan fingerprint density at radius 3 is 2.50 bits per heavy atom. The lowest BCUT2D eigenvalue weighted by atomic mass is 9.98. The molecule has 0 saturated heterocycles. The average Bonchev–Trinajstić information content (AvgIpc) is 1.88. The van der Waals surface area contributed by atoms with Crippen LogP contribution in [0.1, 0.15) is 33.1 Å². The van der Waals surface area contributed by atoms with Crippen LogP contribution in [-0.2, 0) is 0 Å². The highest BCUT2D eigenvalue weighted by molar-refractivity contribution is 4.63. The molecule has 2 unspecified atom stereocenters. The second kappa shape index (κ2) is 5.69. The standard InChI is InChI=1S/C8H19NO/c1-3-4-7(2)5-8(9)6-10/h7-8,10H,3-6,9H2,1-2H3. The molecule has 2 heteroatoms. The molecular formula is C8H19NO. The molecule has 0 fully saturated rings. The van der Waals surface area contributed by atoms with Crippen LogP contribution in [0.3, 0.4) is 0 Å². The quantitative estimate of drug-likeness (QED) is 0.609. The highest BCUT2D eigenvalue weighted by Gasteiger charge is 2.06. The van der Waals surface area contributed by atoms with Crippen LogP contribution in [-0.4, -0.2) is 17.8 Å². The zero-order valence-electron chi connectivity index (χ0n) is 7.01. The van der Waals surface area contributed by atoms with Gasteiger partial charge in [-0.1, -0.05) is 26.7 Å². The van der Waals surface area contributed by atoms with Crippen molar-refractivity contribution in [1.82, 2.24) is 0 Å². The average molecular weight is 145 g/mol. The van der Waals surface area contributed by atoms with Crippen LogP contribution in [0.5, 0.6) is 0 Å². The Morgan fingerprint density at radius 1 is 1.50 bits per heavy atom. The minimum atomic E-state index is -0.0125. The maximum Gasteiger partial charge on any atom is 0.0582 e. The first-order valence-electron chi connectivity index (χ1n) is 4.07. The predicted octanol–water partition coefficient (Wildman–Crippen LogP) is 1.13. The van der Waals surface area contributed by atoms with E-state index in [2.05, 4.69) is 13.8 Å². The van der Waals surface area contributed by atoms with Gasteiger partial charge >= 0.3 is 0 Å². The summed E-state index contributed by atoms with van der Waals surface area (Å²) in [6.07, 6.45) is 3.37. The number of hydrogen-bond donors (Lipinski definition) is 2. The Labute approximate surface area is 63.4 Å². The van der Waals surface area contributed by atoms with Crippen LogP contribution in [0.2, 0.25) is 0 Å². The molecule has 62 valence electrons. The van der Waals surface area contributed by atoms with Crippen LogP contribution in [0.4, 0.5) is 0 Å². The fourth-order valence-corrected chi connectivity index (χ4v) is 1.20. The van der Waals surface area contributed by atoms with Gasteiger partial charge in [-0.2, -0.15) is 0 Å². The monoisotopic (exact) mass is 145 g/mol. The maximum absolute atomic E-state index is 8.63. The van der Waals surface area contributed by atoms with Crippen molar-refractivity contribution in [1.29, 1.82) is 0 Å². The minimum Gasteiger partial charge on any atom is -0.395 e. The van der Waals surface area contributed by atoms with Gasteiger partial charge in [0.05, 0.1) is 6.61 Å². The summed E-state index contributed by atoms with van der Waals surface area (Å²) in [4.78, 5) is 0. The molecule has 0 heterocycles. The van der Waals surface area contributed by atoms with E-state index in [4.69, 9.17) is 10.8 Å². The van der Waals surface area contributed by atoms with Crippen LogP contribution in [0.15, 0.2) is 0 Å². The number of hydrogen-bond acceptors (Lipinski definition) is 2. The number of aliphatic hydroxyl groups is 1. The van der Waals surface area contributed by atoms with Crippen molar-refractivity contribution in [2.24, 2.45) is 11.7 Å². The Hall–Kier alpha value is -0.0800. The minimum absolute atomic E-state index is 0.0125. The van der Waals surface area contributed by atoms with Crippen molar-refractivity contribution in [2.75, 3.05) is 6.61 Å². The summed E-state index contributed by atoms with van der Waals surface area (Å²) in [5.41, 5.74) is 5.55. The SMILES string of the molecule is CCCC(C)CC(N)CO. The molecule has 0 bridgehead atoms. The van der Waals surface area contributed by atoms with E-state index >= 15 is 0 Å². The number of aliphatic hydroxyl groups excluding tert-OH is 1. The van der Waals surface area contributed by atoms with Crippen LogP contribution in [0.25, 0.3) is 0 Å². The third-order valence-electron chi connectivity index (χ3n) is 1.72. The lowest BCUT2D eigenvalue weighted by Crippen LogP contribution is -2.26. The zero-order valence-corrected chi connectivity index (χ0v) is 7.01. The Morgan fingerprint density at radius 2 is 2.10 bits per heavy atom. The largest absolute Gasteiger partial charge is 0.395 e. The Kier molecular flexibility index (Phi) is 5.64. The number of nitrogens with two attached hydrogens (primary N) is 1. The third kappa shape index (κ3) is 4.77. The summed E-state index contributed by atoms with van der Waals surface area (Å²) in [6.45, 7) is 4.47. The maximum atomic E-state index is 8.63.